The smallest absolute Gasteiger partial charge is 0.282 e. The van der Waals surface area contributed by atoms with Gasteiger partial charge in [-0.2, -0.15) is 5.26 Å². The van der Waals surface area contributed by atoms with Crippen LogP contribution in [0.15, 0.2) is 72.4 Å². The minimum absolute atomic E-state index is 0.155. The molecule has 0 saturated heterocycles. The maximum Gasteiger partial charge on any atom is 0.282 e. The van der Waals surface area contributed by atoms with Gasteiger partial charge in [0, 0.05) is 5.69 Å². The monoisotopic (exact) mass is 439 g/mol. The summed E-state index contributed by atoms with van der Waals surface area (Å²) < 4.78 is 10.7. The van der Waals surface area contributed by atoms with Gasteiger partial charge in [-0.1, -0.05) is 18.2 Å². The van der Waals surface area contributed by atoms with Crippen LogP contribution in [-0.4, -0.2) is 26.0 Å². The van der Waals surface area contributed by atoms with Gasteiger partial charge in [-0.3, -0.25) is 9.59 Å². The summed E-state index contributed by atoms with van der Waals surface area (Å²) >= 11 is 0. The van der Waals surface area contributed by atoms with Crippen molar-refractivity contribution in [2.24, 2.45) is 0 Å². The van der Waals surface area contributed by atoms with Crippen molar-refractivity contribution in [3.05, 3.63) is 89.1 Å². The van der Waals surface area contributed by atoms with Crippen LogP contribution in [0.4, 0.5) is 11.4 Å². The highest BCUT2D eigenvalue weighted by molar-refractivity contribution is 6.46. The largest absolute Gasteiger partial charge is 0.493 e. The van der Waals surface area contributed by atoms with Crippen molar-refractivity contribution < 1.29 is 19.1 Å². The SMILES string of the molecule is COc1ccc(C2=C(Nc3cccc(C)c3)C(=O)N(c3ccc(C#N)cc3)C2=O)cc1OC. The van der Waals surface area contributed by atoms with E-state index in [-0.39, 0.29) is 11.3 Å². The van der Waals surface area contributed by atoms with Gasteiger partial charge in [-0.05, 0) is 66.6 Å². The lowest BCUT2D eigenvalue weighted by Gasteiger charge is -2.15. The van der Waals surface area contributed by atoms with Crippen molar-refractivity contribution in [3.63, 3.8) is 0 Å². The van der Waals surface area contributed by atoms with Crippen LogP contribution < -0.4 is 19.7 Å². The van der Waals surface area contributed by atoms with Crippen LogP contribution >= 0.6 is 0 Å². The zero-order chi connectivity index (χ0) is 23.5. The quantitative estimate of drug-likeness (QED) is 0.577. The molecule has 0 fully saturated rings. The van der Waals surface area contributed by atoms with Crippen LogP contribution in [0.2, 0.25) is 0 Å². The molecule has 1 N–H and O–H groups in total. The molecule has 7 nitrogen and oxygen atoms in total. The molecule has 0 aromatic heterocycles. The summed E-state index contributed by atoms with van der Waals surface area (Å²) in [4.78, 5) is 28.2. The average Bonchev–Trinajstić information content (AvgIpc) is 3.07. The van der Waals surface area contributed by atoms with Gasteiger partial charge < -0.3 is 14.8 Å². The Kier molecular flexibility index (Phi) is 5.83. The minimum atomic E-state index is -0.490. The molecule has 0 aliphatic carbocycles. The number of hydrogen-bond acceptors (Lipinski definition) is 6. The molecule has 1 aliphatic heterocycles. The van der Waals surface area contributed by atoms with E-state index in [2.05, 4.69) is 5.32 Å². The van der Waals surface area contributed by atoms with Gasteiger partial charge in [0.2, 0.25) is 0 Å². The summed E-state index contributed by atoms with van der Waals surface area (Å²) in [5.41, 5.74) is 3.39. The summed E-state index contributed by atoms with van der Waals surface area (Å²) in [6, 6.07) is 20.9. The number of hydrogen-bond donors (Lipinski definition) is 1. The molecule has 3 aromatic carbocycles. The summed E-state index contributed by atoms with van der Waals surface area (Å²) in [5.74, 6) is -0.0201. The van der Waals surface area contributed by atoms with E-state index in [1.807, 2.05) is 37.3 Å². The van der Waals surface area contributed by atoms with E-state index < -0.39 is 11.8 Å². The Hall–Kier alpha value is -4.57. The highest BCUT2D eigenvalue weighted by Crippen LogP contribution is 2.37. The number of aryl methyl sites for hydroxylation is 1. The summed E-state index contributed by atoms with van der Waals surface area (Å²) in [7, 11) is 3.03. The maximum absolute atomic E-state index is 13.6. The van der Waals surface area contributed by atoms with E-state index in [0.717, 1.165) is 10.5 Å². The lowest BCUT2D eigenvalue weighted by Crippen LogP contribution is -2.32. The van der Waals surface area contributed by atoms with Crippen molar-refractivity contribution >= 4 is 28.8 Å². The number of ether oxygens (including phenoxy) is 2. The Labute approximate surface area is 191 Å². The van der Waals surface area contributed by atoms with Gasteiger partial charge in [0.05, 0.1) is 37.1 Å². The van der Waals surface area contributed by atoms with E-state index in [1.165, 1.54) is 14.2 Å². The average molecular weight is 439 g/mol. The van der Waals surface area contributed by atoms with Crippen LogP contribution in [0.1, 0.15) is 16.7 Å². The summed E-state index contributed by atoms with van der Waals surface area (Å²) in [6.45, 7) is 1.94. The van der Waals surface area contributed by atoms with Crippen molar-refractivity contribution in [3.8, 4) is 17.6 Å². The molecule has 33 heavy (non-hydrogen) atoms. The highest BCUT2D eigenvalue weighted by Gasteiger charge is 2.40. The van der Waals surface area contributed by atoms with Crippen molar-refractivity contribution in [1.29, 1.82) is 5.26 Å². The number of nitrogens with one attached hydrogen (secondary N) is 1. The third-order valence-corrected chi connectivity index (χ3v) is 5.30. The highest BCUT2D eigenvalue weighted by atomic mass is 16.5. The molecule has 4 rings (SSSR count). The number of rotatable bonds is 6. The van der Waals surface area contributed by atoms with E-state index in [4.69, 9.17) is 14.7 Å². The normalized spacial score (nSPS) is 13.2. The van der Waals surface area contributed by atoms with Crippen molar-refractivity contribution in [1.82, 2.24) is 0 Å². The Balaban J connectivity index is 1.84. The second-order valence-corrected chi connectivity index (χ2v) is 7.42. The maximum atomic E-state index is 13.6. The number of anilines is 2. The number of carbonyl (C=O) groups is 2. The summed E-state index contributed by atoms with van der Waals surface area (Å²) in [6.07, 6.45) is 0. The van der Waals surface area contributed by atoms with Gasteiger partial charge in [-0.15, -0.1) is 0 Å². The van der Waals surface area contributed by atoms with E-state index >= 15 is 0 Å². The Morgan fingerprint density at radius 1 is 0.879 bits per heavy atom. The second kappa shape index (κ2) is 8.89. The molecule has 0 atom stereocenters. The lowest BCUT2D eigenvalue weighted by atomic mass is 10.0. The van der Waals surface area contributed by atoms with Crippen LogP contribution in [0.25, 0.3) is 5.57 Å². The molecule has 3 aromatic rings. The fourth-order valence-electron chi connectivity index (χ4n) is 3.69. The summed E-state index contributed by atoms with van der Waals surface area (Å²) in [5, 5.41) is 12.2. The topological polar surface area (TPSA) is 91.7 Å². The standard InChI is InChI=1S/C26H21N3O4/c1-16-5-4-6-19(13-16)28-24-23(18-9-12-21(32-2)22(14-18)33-3)25(30)29(26(24)31)20-10-7-17(15-27)8-11-20/h4-14,28H,1-3H3. The minimum Gasteiger partial charge on any atom is -0.493 e. The molecule has 164 valence electrons. The number of amides is 2. The van der Waals surface area contributed by atoms with E-state index in [0.29, 0.717) is 34.0 Å². The van der Waals surface area contributed by atoms with Gasteiger partial charge >= 0.3 is 0 Å². The predicted molar refractivity (Wildman–Crippen MR) is 125 cm³/mol. The van der Waals surface area contributed by atoms with E-state index in [9.17, 15) is 9.59 Å². The zero-order valence-corrected chi connectivity index (χ0v) is 18.4. The van der Waals surface area contributed by atoms with Gasteiger partial charge in [0.25, 0.3) is 11.8 Å². The van der Waals surface area contributed by atoms with Crippen molar-refractivity contribution in [2.45, 2.75) is 6.92 Å². The third-order valence-electron chi connectivity index (χ3n) is 5.30. The first kappa shape index (κ1) is 21.7. The molecule has 0 unspecified atom stereocenters. The zero-order valence-electron chi connectivity index (χ0n) is 18.4. The molecule has 0 bridgehead atoms. The molecule has 1 heterocycles. The fraction of sp³-hybridized carbons (Fsp3) is 0.115. The first-order valence-electron chi connectivity index (χ1n) is 10.2. The van der Waals surface area contributed by atoms with Crippen LogP contribution in [-0.2, 0) is 9.59 Å². The molecule has 1 aliphatic rings. The molecule has 7 heteroatoms. The van der Waals surface area contributed by atoms with Crippen molar-refractivity contribution in [2.75, 3.05) is 24.4 Å². The van der Waals surface area contributed by atoms with Crippen LogP contribution in [0.3, 0.4) is 0 Å². The number of methoxy groups -OCH3 is 2. The van der Waals surface area contributed by atoms with Gasteiger partial charge in [0.15, 0.2) is 11.5 Å². The number of imide groups is 1. The van der Waals surface area contributed by atoms with Crippen LogP contribution in [0.5, 0.6) is 11.5 Å². The first-order valence-corrected chi connectivity index (χ1v) is 10.2. The van der Waals surface area contributed by atoms with Gasteiger partial charge in [-0.25, -0.2) is 4.90 Å². The van der Waals surface area contributed by atoms with E-state index in [1.54, 1.807) is 42.5 Å². The third kappa shape index (κ3) is 4.02. The fourth-order valence-corrected chi connectivity index (χ4v) is 3.69. The Morgan fingerprint density at radius 3 is 2.24 bits per heavy atom. The predicted octanol–water partition coefficient (Wildman–Crippen LogP) is 4.28. The first-order chi connectivity index (χ1) is 16.0. The molecule has 0 saturated carbocycles. The number of benzene rings is 3. The number of carbonyl (C=O) groups excluding carboxylic acids is 2. The number of nitriles is 1. The lowest BCUT2D eigenvalue weighted by molar-refractivity contribution is -0.120. The number of nitrogens with zero attached hydrogens (tertiary/aromatic N) is 2. The van der Waals surface area contributed by atoms with Crippen LogP contribution in [0, 0.1) is 18.3 Å². The molecule has 0 radical (unpaired) electrons. The molecule has 2 amide bonds. The molecule has 0 spiro atoms. The Morgan fingerprint density at radius 2 is 1.61 bits per heavy atom. The Bertz CT molecular complexity index is 1320. The molecular weight excluding hydrogens is 418 g/mol. The molecular formula is C26H21N3O4. The van der Waals surface area contributed by atoms with Gasteiger partial charge in [0.1, 0.15) is 5.70 Å². The second-order valence-electron chi connectivity index (χ2n) is 7.42.